The Morgan fingerprint density at radius 2 is 2.33 bits per heavy atom. The summed E-state index contributed by atoms with van der Waals surface area (Å²) in [4.78, 5) is 6.64. The molecule has 1 aliphatic heterocycles. The van der Waals surface area contributed by atoms with Gasteiger partial charge >= 0.3 is 0 Å². The van der Waals surface area contributed by atoms with Gasteiger partial charge in [-0.1, -0.05) is 11.6 Å². The van der Waals surface area contributed by atoms with Gasteiger partial charge in [0.05, 0.1) is 10.7 Å². The third-order valence-electron chi connectivity index (χ3n) is 3.45. The van der Waals surface area contributed by atoms with Gasteiger partial charge < -0.3 is 10.8 Å². The van der Waals surface area contributed by atoms with Crippen LogP contribution < -0.4 is 5.73 Å². The summed E-state index contributed by atoms with van der Waals surface area (Å²) in [5.74, 6) is 1.10. The zero-order chi connectivity index (χ0) is 13.0. The van der Waals surface area contributed by atoms with Crippen molar-refractivity contribution in [3.8, 4) is 0 Å². The molecule has 18 heavy (non-hydrogen) atoms. The molecule has 0 amide bonds. The first-order chi connectivity index (χ1) is 8.69. The average molecular weight is 270 g/mol. The highest BCUT2D eigenvalue weighted by atomic mass is 35.5. The van der Waals surface area contributed by atoms with E-state index >= 15 is 0 Å². The van der Waals surface area contributed by atoms with E-state index in [0.717, 1.165) is 31.7 Å². The van der Waals surface area contributed by atoms with E-state index in [-0.39, 0.29) is 6.61 Å². The van der Waals surface area contributed by atoms with E-state index < -0.39 is 0 Å². The number of pyridine rings is 1. The largest absolute Gasteiger partial charge is 0.396 e. The number of aromatic nitrogens is 1. The van der Waals surface area contributed by atoms with Gasteiger partial charge in [-0.25, -0.2) is 4.98 Å². The van der Waals surface area contributed by atoms with Crippen molar-refractivity contribution >= 4 is 17.4 Å². The maximum atomic E-state index is 9.01. The molecule has 1 unspecified atom stereocenters. The summed E-state index contributed by atoms with van der Waals surface area (Å²) in [6.45, 7) is 3.09. The summed E-state index contributed by atoms with van der Waals surface area (Å²) in [5, 5.41) is 9.68. The number of likely N-dealkylation sites (tertiary alicyclic amines) is 1. The Bertz CT molecular complexity index is 398. The van der Waals surface area contributed by atoms with Crippen molar-refractivity contribution in [3.63, 3.8) is 0 Å². The summed E-state index contributed by atoms with van der Waals surface area (Å²) in [7, 11) is 0. The van der Waals surface area contributed by atoms with Crippen LogP contribution in [0.1, 0.15) is 25.0 Å². The number of nitrogens with two attached hydrogens (primary N) is 1. The number of rotatable bonds is 4. The van der Waals surface area contributed by atoms with E-state index in [1.165, 1.54) is 12.8 Å². The number of anilines is 1. The molecule has 1 aromatic heterocycles. The van der Waals surface area contributed by atoms with Crippen LogP contribution in [0.25, 0.3) is 0 Å². The Morgan fingerprint density at radius 3 is 3.11 bits per heavy atom. The molecule has 1 aromatic rings. The van der Waals surface area contributed by atoms with Gasteiger partial charge in [0, 0.05) is 19.7 Å². The van der Waals surface area contributed by atoms with Crippen LogP contribution in [-0.4, -0.2) is 34.7 Å². The van der Waals surface area contributed by atoms with E-state index in [4.69, 9.17) is 22.4 Å². The number of nitrogen functional groups attached to an aromatic ring is 1. The van der Waals surface area contributed by atoms with Gasteiger partial charge in [0.2, 0.25) is 0 Å². The Balaban J connectivity index is 1.98. The average Bonchev–Trinajstić information content (AvgIpc) is 2.35. The second kappa shape index (κ2) is 6.36. The summed E-state index contributed by atoms with van der Waals surface area (Å²) in [6.07, 6.45) is 3.26. The molecule has 0 saturated carbocycles. The van der Waals surface area contributed by atoms with Gasteiger partial charge in [0.15, 0.2) is 0 Å². The van der Waals surface area contributed by atoms with Crippen molar-refractivity contribution in [3.05, 3.63) is 22.8 Å². The number of piperidine rings is 1. The molecule has 0 aliphatic carbocycles. The van der Waals surface area contributed by atoms with E-state index in [0.29, 0.717) is 16.8 Å². The number of hydrogen-bond donors (Lipinski definition) is 2. The maximum Gasteiger partial charge on any atom is 0.123 e. The van der Waals surface area contributed by atoms with Gasteiger partial charge in [0.1, 0.15) is 5.82 Å². The fourth-order valence-corrected chi connectivity index (χ4v) is 2.70. The Morgan fingerprint density at radius 1 is 1.50 bits per heavy atom. The van der Waals surface area contributed by atoms with Crippen LogP contribution in [0.4, 0.5) is 5.82 Å². The highest BCUT2D eigenvalue weighted by molar-refractivity contribution is 6.31. The second-order valence-corrected chi connectivity index (χ2v) is 5.33. The minimum atomic E-state index is 0.274. The van der Waals surface area contributed by atoms with Crippen molar-refractivity contribution in [1.29, 1.82) is 0 Å². The van der Waals surface area contributed by atoms with Gasteiger partial charge in [0.25, 0.3) is 0 Å². The van der Waals surface area contributed by atoms with Gasteiger partial charge in [-0.15, -0.1) is 0 Å². The predicted molar refractivity (Wildman–Crippen MR) is 73.4 cm³/mol. The van der Waals surface area contributed by atoms with Crippen molar-refractivity contribution in [2.24, 2.45) is 5.92 Å². The second-order valence-electron chi connectivity index (χ2n) is 4.92. The molecule has 1 aliphatic rings. The summed E-state index contributed by atoms with van der Waals surface area (Å²) >= 11 is 6.13. The van der Waals surface area contributed by atoms with Crippen molar-refractivity contribution < 1.29 is 5.11 Å². The zero-order valence-corrected chi connectivity index (χ0v) is 11.2. The van der Waals surface area contributed by atoms with Gasteiger partial charge in [-0.3, -0.25) is 4.90 Å². The predicted octanol–water partition coefficient (Wildman–Crippen LogP) is 1.91. The summed E-state index contributed by atoms with van der Waals surface area (Å²) in [5.41, 5.74) is 6.53. The van der Waals surface area contributed by atoms with E-state index in [2.05, 4.69) is 9.88 Å². The molecule has 0 bridgehead atoms. The lowest BCUT2D eigenvalue weighted by Gasteiger charge is -2.32. The van der Waals surface area contributed by atoms with E-state index in [9.17, 15) is 0 Å². The molecular formula is C13H20ClN3O. The highest BCUT2D eigenvalue weighted by Crippen LogP contribution is 2.23. The molecule has 4 nitrogen and oxygen atoms in total. The smallest absolute Gasteiger partial charge is 0.123 e. The zero-order valence-electron chi connectivity index (χ0n) is 10.5. The number of aliphatic hydroxyl groups is 1. The first-order valence-corrected chi connectivity index (χ1v) is 6.81. The first kappa shape index (κ1) is 13.6. The lowest BCUT2D eigenvalue weighted by Crippen LogP contribution is -2.35. The standard InChI is InChI=1S/C13H20ClN3O/c14-11-3-4-13(15)16-12(11)9-17-6-1-2-10(8-17)5-7-18/h3-4,10,18H,1-2,5-9H2,(H2,15,16). The van der Waals surface area contributed by atoms with Crippen molar-refractivity contribution in [2.45, 2.75) is 25.8 Å². The molecule has 3 N–H and O–H groups in total. The van der Waals surface area contributed by atoms with Gasteiger partial charge in [-0.05, 0) is 43.9 Å². The lowest BCUT2D eigenvalue weighted by atomic mass is 9.95. The minimum Gasteiger partial charge on any atom is -0.396 e. The molecule has 0 spiro atoms. The van der Waals surface area contributed by atoms with Crippen LogP contribution in [0.5, 0.6) is 0 Å². The molecule has 5 heteroatoms. The van der Waals surface area contributed by atoms with Crippen LogP contribution in [0.15, 0.2) is 12.1 Å². The molecule has 2 rings (SSSR count). The molecule has 1 saturated heterocycles. The lowest BCUT2D eigenvalue weighted by molar-refractivity contribution is 0.141. The topological polar surface area (TPSA) is 62.4 Å². The number of halogens is 1. The third-order valence-corrected chi connectivity index (χ3v) is 3.80. The molecule has 1 fully saturated rings. The fourth-order valence-electron chi connectivity index (χ4n) is 2.54. The third kappa shape index (κ3) is 3.57. The van der Waals surface area contributed by atoms with E-state index in [1.54, 1.807) is 12.1 Å². The monoisotopic (exact) mass is 269 g/mol. The SMILES string of the molecule is Nc1ccc(Cl)c(CN2CCCC(CCO)C2)n1. The Hall–Kier alpha value is -0.840. The van der Waals surface area contributed by atoms with Crippen LogP contribution in [0.2, 0.25) is 5.02 Å². The maximum absolute atomic E-state index is 9.01. The normalized spacial score (nSPS) is 21.1. The minimum absolute atomic E-state index is 0.274. The fraction of sp³-hybridized carbons (Fsp3) is 0.615. The molecule has 2 heterocycles. The first-order valence-electron chi connectivity index (χ1n) is 6.43. The Kier molecular flexibility index (Phi) is 4.80. The van der Waals surface area contributed by atoms with Crippen molar-refractivity contribution in [2.75, 3.05) is 25.4 Å². The molecule has 0 radical (unpaired) electrons. The summed E-state index contributed by atoms with van der Waals surface area (Å²) in [6, 6.07) is 3.52. The molecule has 100 valence electrons. The highest BCUT2D eigenvalue weighted by Gasteiger charge is 2.20. The van der Waals surface area contributed by atoms with Crippen molar-refractivity contribution in [1.82, 2.24) is 9.88 Å². The van der Waals surface area contributed by atoms with Crippen LogP contribution in [-0.2, 0) is 6.54 Å². The summed E-state index contributed by atoms with van der Waals surface area (Å²) < 4.78 is 0. The van der Waals surface area contributed by atoms with Crippen LogP contribution in [0.3, 0.4) is 0 Å². The molecule has 0 aromatic carbocycles. The molecule has 1 atom stereocenters. The van der Waals surface area contributed by atoms with E-state index in [1.807, 2.05) is 0 Å². The number of aliphatic hydroxyl groups excluding tert-OH is 1. The van der Waals surface area contributed by atoms with Gasteiger partial charge in [-0.2, -0.15) is 0 Å². The number of hydrogen-bond acceptors (Lipinski definition) is 4. The molecular weight excluding hydrogens is 250 g/mol. The van der Waals surface area contributed by atoms with Crippen LogP contribution >= 0.6 is 11.6 Å². The van der Waals surface area contributed by atoms with Crippen LogP contribution in [0, 0.1) is 5.92 Å². The number of nitrogens with zero attached hydrogens (tertiary/aromatic N) is 2. The Labute approximate surface area is 113 Å². The quantitative estimate of drug-likeness (QED) is 0.877.